The van der Waals surface area contributed by atoms with Crippen LogP contribution >= 0.6 is 0 Å². The number of hydrogen-bond acceptors (Lipinski definition) is 3. The van der Waals surface area contributed by atoms with E-state index >= 15 is 0 Å². The minimum atomic E-state index is 0.840. The Hall–Kier alpha value is -2.88. The lowest BCUT2D eigenvalue weighted by molar-refractivity contribution is 1.30. The van der Waals surface area contributed by atoms with Crippen molar-refractivity contribution >= 4 is 11.9 Å². The Balaban J connectivity index is 1.81. The number of nitrogens with one attached hydrogen (secondary N) is 2. The van der Waals surface area contributed by atoms with Crippen LogP contribution < -0.4 is 5.43 Å². The Morgan fingerprint density at radius 2 is 1.80 bits per heavy atom. The maximum absolute atomic E-state index is 4.28. The standard InChI is InChI=1S/C16H14N4/c1-2-7-14(8-3-1)20-19-12-13-6-4-5-9-15(13)16-17-10-11-18-16/h1-12,20H,(H,17,18). The molecule has 1 heterocycles. The van der Waals surface area contributed by atoms with Crippen molar-refractivity contribution in [3.05, 3.63) is 72.6 Å². The molecule has 0 bridgehead atoms. The van der Waals surface area contributed by atoms with Gasteiger partial charge in [-0.2, -0.15) is 5.10 Å². The number of anilines is 1. The number of aromatic amines is 1. The fourth-order valence-corrected chi connectivity index (χ4v) is 1.93. The molecule has 3 aromatic rings. The van der Waals surface area contributed by atoms with Gasteiger partial charge in [0.15, 0.2) is 0 Å². The molecule has 98 valence electrons. The summed E-state index contributed by atoms with van der Waals surface area (Å²) in [5.41, 5.74) is 5.99. The van der Waals surface area contributed by atoms with Gasteiger partial charge in [0.2, 0.25) is 0 Å². The molecule has 0 aliphatic heterocycles. The summed E-state index contributed by atoms with van der Waals surface area (Å²) in [5, 5.41) is 4.27. The van der Waals surface area contributed by atoms with E-state index in [1.165, 1.54) is 0 Å². The van der Waals surface area contributed by atoms with E-state index in [-0.39, 0.29) is 0 Å². The molecule has 4 nitrogen and oxygen atoms in total. The van der Waals surface area contributed by atoms with Crippen molar-refractivity contribution < 1.29 is 0 Å². The smallest absolute Gasteiger partial charge is 0.137 e. The predicted molar refractivity (Wildman–Crippen MR) is 81.7 cm³/mol. The molecule has 0 unspecified atom stereocenters. The van der Waals surface area contributed by atoms with Gasteiger partial charge >= 0.3 is 0 Å². The Morgan fingerprint density at radius 3 is 2.60 bits per heavy atom. The minimum absolute atomic E-state index is 0.840. The number of hydrazone groups is 1. The number of H-pyrrole nitrogens is 1. The van der Waals surface area contributed by atoms with Crippen molar-refractivity contribution in [2.24, 2.45) is 5.10 Å². The van der Waals surface area contributed by atoms with E-state index in [4.69, 9.17) is 0 Å². The summed E-state index contributed by atoms with van der Waals surface area (Å²) in [6.45, 7) is 0. The number of para-hydroxylation sites is 1. The Morgan fingerprint density at radius 1 is 1.00 bits per heavy atom. The van der Waals surface area contributed by atoms with Gasteiger partial charge in [0, 0.05) is 23.5 Å². The molecule has 2 aromatic carbocycles. The lowest BCUT2D eigenvalue weighted by Crippen LogP contribution is -1.93. The molecule has 3 rings (SSSR count). The first kappa shape index (κ1) is 12.2. The molecule has 0 amide bonds. The van der Waals surface area contributed by atoms with Crippen LogP contribution in [0.4, 0.5) is 5.69 Å². The van der Waals surface area contributed by atoms with E-state index in [1.54, 1.807) is 12.4 Å². The molecule has 0 fully saturated rings. The molecular weight excluding hydrogens is 248 g/mol. The fourth-order valence-electron chi connectivity index (χ4n) is 1.93. The van der Waals surface area contributed by atoms with Gasteiger partial charge in [-0.25, -0.2) is 4.98 Å². The summed E-state index contributed by atoms with van der Waals surface area (Å²) in [7, 11) is 0. The molecule has 0 radical (unpaired) electrons. The topological polar surface area (TPSA) is 53.1 Å². The average Bonchev–Trinajstić information content (AvgIpc) is 3.03. The van der Waals surface area contributed by atoms with Gasteiger partial charge in [0.1, 0.15) is 5.82 Å². The van der Waals surface area contributed by atoms with Gasteiger partial charge in [0.25, 0.3) is 0 Å². The third-order valence-corrected chi connectivity index (χ3v) is 2.89. The zero-order chi connectivity index (χ0) is 13.6. The van der Waals surface area contributed by atoms with E-state index in [9.17, 15) is 0 Å². The van der Waals surface area contributed by atoms with E-state index in [1.807, 2.05) is 60.8 Å². The van der Waals surface area contributed by atoms with Crippen LogP contribution in [-0.4, -0.2) is 16.2 Å². The summed E-state index contributed by atoms with van der Waals surface area (Å²) in [5.74, 6) is 0.840. The van der Waals surface area contributed by atoms with Crippen molar-refractivity contribution in [1.29, 1.82) is 0 Å². The highest BCUT2D eigenvalue weighted by Gasteiger charge is 2.03. The van der Waals surface area contributed by atoms with Crippen LogP contribution in [0.25, 0.3) is 11.4 Å². The first-order valence-corrected chi connectivity index (χ1v) is 6.36. The van der Waals surface area contributed by atoms with Crippen LogP contribution in [0.15, 0.2) is 72.1 Å². The number of nitrogens with zero attached hydrogens (tertiary/aromatic N) is 2. The molecule has 0 atom stereocenters. The van der Waals surface area contributed by atoms with Crippen LogP contribution in [-0.2, 0) is 0 Å². The maximum atomic E-state index is 4.28. The van der Waals surface area contributed by atoms with Crippen LogP contribution in [0.3, 0.4) is 0 Å². The normalized spacial score (nSPS) is 10.8. The second kappa shape index (κ2) is 5.84. The monoisotopic (exact) mass is 262 g/mol. The third-order valence-electron chi connectivity index (χ3n) is 2.89. The molecule has 0 saturated heterocycles. The van der Waals surface area contributed by atoms with Crippen LogP contribution in [0.2, 0.25) is 0 Å². The zero-order valence-electron chi connectivity index (χ0n) is 10.8. The number of benzene rings is 2. The third kappa shape index (κ3) is 2.75. The number of rotatable bonds is 4. The van der Waals surface area contributed by atoms with Crippen LogP contribution in [0.1, 0.15) is 5.56 Å². The highest BCUT2D eigenvalue weighted by atomic mass is 15.3. The van der Waals surface area contributed by atoms with Crippen molar-refractivity contribution in [1.82, 2.24) is 9.97 Å². The second-order valence-corrected chi connectivity index (χ2v) is 4.26. The van der Waals surface area contributed by atoms with Gasteiger partial charge in [-0.15, -0.1) is 0 Å². The molecule has 1 aromatic heterocycles. The molecule has 0 saturated carbocycles. The molecular formula is C16H14N4. The summed E-state index contributed by atoms with van der Waals surface area (Å²) in [6.07, 6.45) is 5.35. The lowest BCUT2D eigenvalue weighted by atomic mass is 10.1. The lowest BCUT2D eigenvalue weighted by Gasteiger charge is -2.03. The second-order valence-electron chi connectivity index (χ2n) is 4.26. The summed E-state index contributed by atoms with van der Waals surface area (Å²) < 4.78 is 0. The highest BCUT2D eigenvalue weighted by Crippen LogP contribution is 2.18. The SMILES string of the molecule is C(=NNc1ccccc1)c1ccccc1-c1ncc[nH]1. The summed E-state index contributed by atoms with van der Waals surface area (Å²) in [6, 6.07) is 17.8. The van der Waals surface area contributed by atoms with Crippen LogP contribution in [0.5, 0.6) is 0 Å². The minimum Gasteiger partial charge on any atom is -0.345 e. The van der Waals surface area contributed by atoms with Crippen LogP contribution in [0, 0.1) is 0 Å². The molecule has 0 spiro atoms. The first-order valence-electron chi connectivity index (χ1n) is 6.36. The van der Waals surface area contributed by atoms with Gasteiger partial charge in [-0.3, -0.25) is 5.43 Å². The zero-order valence-corrected chi connectivity index (χ0v) is 10.8. The van der Waals surface area contributed by atoms with E-state index in [0.29, 0.717) is 0 Å². The van der Waals surface area contributed by atoms with Gasteiger partial charge < -0.3 is 4.98 Å². The van der Waals surface area contributed by atoms with Gasteiger partial charge in [-0.05, 0) is 12.1 Å². The summed E-state index contributed by atoms with van der Waals surface area (Å²) in [4.78, 5) is 7.38. The summed E-state index contributed by atoms with van der Waals surface area (Å²) >= 11 is 0. The number of imidazole rings is 1. The highest BCUT2D eigenvalue weighted by molar-refractivity contribution is 5.89. The molecule has 20 heavy (non-hydrogen) atoms. The Labute approximate surface area is 117 Å². The van der Waals surface area contributed by atoms with E-state index in [0.717, 1.165) is 22.6 Å². The largest absolute Gasteiger partial charge is 0.345 e. The van der Waals surface area contributed by atoms with E-state index in [2.05, 4.69) is 20.5 Å². The molecule has 0 aliphatic carbocycles. The number of hydrogen-bond donors (Lipinski definition) is 2. The van der Waals surface area contributed by atoms with Crippen molar-refractivity contribution in [2.45, 2.75) is 0 Å². The van der Waals surface area contributed by atoms with Crippen molar-refractivity contribution in [3.63, 3.8) is 0 Å². The predicted octanol–water partition coefficient (Wildman–Crippen LogP) is 3.52. The van der Waals surface area contributed by atoms with Crippen molar-refractivity contribution in [2.75, 3.05) is 5.43 Å². The Bertz CT molecular complexity index is 688. The quantitative estimate of drug-likeness (QED) is 0.558. The maximum Gasteiger partial charge on any atom is 0.137 e. The number of aromatic nitrogens is 2. The molecule has 2 N–H and O–H groups in total. The molecule has 4 heteroatoms. The van der Waals surface area contributed by atoms with Gasteiger partial charge in [-0.1, -0.05) is 42.5 Å². The van der Waals surface area contributed by atoms with Crippen molar-refractivity contribution in [3.8, 4) is 11.4 Å². The first-order chi connectivity index (χ1) is 9.93. The van der Waals surface area contributed by atoms with E-state index < -0.39 is 0 Å². The molecule has 0 aliphatic rings. The van der Waals surface area contributed by atoms with Gasteiger partial charge in [0.05, 0.1) is 11.9 Å². The fraction of sp³-hybridized carbons (Fsp3) is 0. The Kier molecular flexibility index (Phi) is 3.55. The average molecular weight is 262 g/mol.